The van der Waals surface area contributed by atoms with E-state index >= 15 is 0 Å². The fraction of sp³-hybridized carbons (Fsp3) is 0.308. The lowest BCUT2D eigenvalue weighted by molar-refractivity contribution is -0.114. The van der Waals surface area contributed by atoms with E-state index in [1.165, 1.54) is 5.01 Å². The summed E-state index contributed by atoms with van der Waals surface area (Å²) >= 11 is 0. The molecule has 170 valence electrons. The first-order valence-corrected chi connectivity index (χ1v) is 11.3. The van der Waals surface area contributed by atoms with Crippen molar-refractivity contribution in [3.63, 3.8) is 0 Å². The molecular formula is C26H28N4O3. The van der Waals surface area contributed by atoms with Gasteiger partial charge in [0, 0.05) is 48.8 Å². The largest absolute Gasteiger partial charge is 0.390 e. The van der Waals surface area contributed by atoms with Crippen LogP contribution in [0.1, 0.15) is 12.5 Å². The average molecular weight is 445 g/mol. The number of β-amino-alcohol motifs (C(OH)–C–C–N with tert-alkyl or cyclic N) is 1. The van der Waals surface area contributed by atoms with Gasteiger partial charge in [0.05, 0.1) is 36.3 Å². The number of morpholine rings is 1. The van der Waals surface area contributed by atoms with Crippen LogP contribution in [0.2, 0.25) is 0 Å². The number of aromatic nitrogens is 1. The highest BCUT2D eigenvalue weighted by Crippen LogP contribution is 2.28. The molecule has 2 aromatic carbocycles. The van der Waals surface area contributed by atoms with Crippen molar-refractivity contribution in [3.8, 4) is 0 Å². The standard InChI is InChI=1S/C26H28N4O3/c1-19-24(26(32)30(27-19)21-7-3-2-4-8-21)15-20-16-29(25-10-6-5-9-23(20)25)18-22(31)17-28-11-13-33-14-12-28/h2-10,15-16,22,31H,11-14,17-18H2,1H3/b24-15-/t22-/m1/s1. The molecule has 0 radical (unpaired) electrons. The van der Waals surface area contributed by atoms with Crippen molar-refractivity contribution in [2.24, 2.45) is 5.10 Å². The van der Waals surface area contributed by atoms with Gasteiger partial charge in [0.25, 0.3) is 5.91 Å². The van der Waals surface area contributed by atoms with E-state index in [0.29, 0.717) is 37.6 Å². The molecule has 1 N–H and O–H groups in total. The molecule has 0 bridgehead atoms. The van der Waals surface area contributed by atoms with Crippen LogP contribution in [0, 0.1) is 0 Å². The molecule has 7 heteroatoms. The number of anilines is 1. The molecule has 3 heterocycles. The molecule has 0 saturated carbocycles. The Labute approximate surface area is 193 Å². The number of benzene rings is 2. The number of carbonyl (C=O) groups is 1. The van der Waals surface area contributed by atoms with Gasteiger partial charge in [-0.1, -0.05) is 36.4 Å². The van der Waals surface area contributed by atoms with E-state index in [1.807, 2.05) is 73.8 Å². The Kier molecular flexibility index (Phi) is 6.09. The molecule has 3 aromatic rings. The average Bonchev–Trinajstić information content (AvgIpc) is 3.32. The third-order valence-corrected chi connectivity index (χ3v) is 6.16. The number of hydrazone groups is 1. The molecule has 0 spiro atoms. The maximum absolute atomic E-state index is 13.1. The fourth-order valence-corrected chi connectivity index (χ4v) is 4.49. The number of fused-ring (bicyclic) bond motifs is 1. The van der Waals surface area contributed by atoms with Crippen LogP contribution in [0.25, 0.3) is 17.0 Å². The Hall–Kier alpha value is -3.26. The van der Waals surface area contributed by atoms with Gasteiger partial charge in [-0.3, -0.25) is 9.69 Å². The Balaban J connectivity index is 1.41. The molecular weight excluding hydrogens is 416 g/mol. The lowest BCUT2D eigenvalue weighted by atomic mass is 10.1. The maximum atomic E-state index is 13.1. The van der Waals surface area contributed by atoms with E-state index in [0.717, 1.165) is 35.2 Å². The predicted molar refractivity (Wildman–Crippen MR) is 130 cm³/mol. The second kappa shape index (κ2) is 9.31. The summed E-state index contributed by atoms with van der Waals surface area (Å²) in [5.41, 5.74) is 3.99. The van der Waals surface area contributed by atoms with Crippen LogP contribution in [0.3, 0.4) is 0 Å². The quantitative estimate of drug-likeness (QED) is 0.593. The van der Waals surface area contributed by atoms with Gasteiger partial charge >= 0.3 is 0 Å². The number of hydrogen-bond acceptors (Lipinski definition) is 5. The molecule has 33 heavy (non-hydrogen) atoms. The Morgan fingerprint density at radius 2 is 1.79 bits per heavy atom. The van der Waals surface area contributed by atoms with Crippen molar-refractivity contribution < 1.29 is 14.6 Å². The normalized spacial score (nSPS) is 19.5. The predicted octanol–water partition coefficient (Wildman–Crippen LogP) is 3.14. The second-order valence-electron chi connectivity index (χ2n) is 8.52. The summed E-state index contributed by atoms with van der Waals surface area (Å²) in [6.45, 7) is 6.08. The number of amides is 1. The van der Waals surface area contributed by atoms with Gasteiger partial charge in [-0.15, -0.1) is 0 Å². The van der Waals surface area contributed by atoms with Crippen molar-refractivity contribution in [3.05, 3.63) is 71.9 Å². The number of carbonyl (C=O) groups excluding carboxylic acids is 1. The molecule has 2 aliphatic heterocycles. The summed E-state index contributed by atoms with van der Waals surface area (Å²) < 4.78 is 7.48. The zero-order chi connectivity index (χ0) is 22.8. The molecule has 1 saturated heterocycles. The number of aliphatic hydroxyl groups excluding tert-OH is 1. The lowest BCUT2D eigenvalue weighted by Crippen LogP contribution is -2.41. The summed E-state index contributed by atoms with van der Waals surface area (Å²) in [5, 5.41) is 17.7. The number of aliphatic hydroxyl groups is 1. The summed E-state index contributed by atoms with van der Waals surface area (Å²) in [5.74, 6) is -0.136. The van der Waals surface area contributed by atoms with E-state index in [2.05, 4.69) is 14.6 Å². The van der Waals surface area contributed by atoms with Gasteiger partial charge in [-0.2, -0.15) is 10.1 Å². The van der Waals surface area contributed by atoms with E-state index in [-0.39, 0.29) is 5.91 Å². The minimum Gasteiger partial charge on any atom is -0.390 e. The van der Waals surface area contributed by atoms with E-state index in [4.69, 9.17) is 4.74 Å². The van der Waals surface area contributed by atoms with Gasteiger partial charge in [0.1, 0.15) is 0 Å². The van der Waals surface area contributed by atoms with E-state index in [9.17, 15) is 9.90 Å². The molecule has 1 aromatic heterocycles. The van der Waals surface area contributed by atoms with Crippen molar-refractivity contribution in [1.82, 2.24) is 9.47 Å². The summed E-state index contributed by atoms with van der Waals surface area (Å²) in [6, 6.07) is 17.5. The zero-order valence-electron chi connectivity index (χ0n) is 18.7. The van der Waals surface area contributed by atoms with Crippen LogP contribution >= 0.6 is 0 Å². The monoisotopic (exact) mass is 444 g/mol. The number of hydrogen-bond donors (Lipinski definition) is 1. The first-order valence-electron chi connectivity index (χ1n) is 11.3. The van der Waals surface area contributed by atoms with E-state index < -0.39 is 6.10 Å². The third kappa shape index (κ3) is 4.48. The van der Waals surface area contributed by atoms with Crippen LogP contribution in [-0.2, 0) is 16.1 Å². The summed E-state index contributed by atoms with van der Waals surface area (Å²) in [4.78, 5) is 15.4. The lowest BCUT2D eigenvalue weighted by Gasteiger charge is -2.28. The molecule has 0 aliphatic carbocycles. The Morgan fingerprint density at radius 3 is 2.58 bits per heavy atom. The SMILES string of the molecule is CC1=NN(c2ccccc2)C(=O)/C1=C\c1cn(C[C@H](O)CN2CCOCC2)c2ccccc12. The third-order valence-electron chi connectivity index (χ3n) is 6.16. The van der Waals surface area contributed by atoms with Crippen molar-refractivity contribution >= 4 is 34.3 Å². The minimum absolute atomic E-state index is 0.136. The van der Waals surface area contributed by atoms with Gasteiger partial charge in [-0.05, 0) is 31.2 Å². The van der Waals surface area contributed by atoms with Gasteiger partial charge < -0.3 is 14.4 Å². The zero-order valence-corrected chi connectivity index (χ0v) is 18.7. The summed E-state index contributed by atoms with van der Waals surface area (Å²) in [6.07, 6.45) is 3.44. The van der Waals surface area contributed by atoms with Gasteiger partial charge in [0.15, 0.2) is 0 Å². The highest BCUT2D eigenvalue weighted by Gasteiger charge is 2.29. The first-order chi connectivity index (χ1) is 16.1. The molecule has 2 aliphatic rings. The Morgan fingerprint density at radius 1 is 1.06 bits per heavy atom. The van der Waals surface area contributed by atoms with Gasteiger partial charge in [0.2, 0.25) is 0 Å². The second-order valence-corrected chi connectivity index (χ2v) is 8.52. The minimum atomic E-state index is -0.496. The molecule has 0 unspecified atom stereocenters. The first kappa shape index (κ1) is 21.6. The van der Waals surface area contributed by atoms with Crippen molar-refractivity contribution in [1.29, 1.82) is 0 Å². The van der Waals surface area contributed by atoms with Crippen LogP contribution in [0.4, 0.5) is 5.69 Å². The maximum Gasteiger partial charge on any atom is 0.280 e. The number of nitrogens with zero attached hydrogens (tertiary/aromatic N) is 4. The van der Waals surface area contributed by atoms with Gasteiger partial charge in [-0.25, -0.2) is 0 Å². The number of rotatable bonds is 6. The highest BCUT2D eigenvalue weighted by atomic mass is 16.5. The van der Waals surface area contributed by atoms with E-state index in [1.54, 1.807) is 0 Å². The summed E-state index contributed by atoms with van der Waals surface area (Å²) in [7, 11) is 0. The fourth-order valence-electron chi connectivity index (χ4n) is 4.49. The van der Waals surface area contributed by atoms with Crippen molar-refractivity contribution in [2.75, 3.05) is 37.9 Å². The molecule has 1 atom stereocenters. The highest BCUT2D eigenvalue weighted by molar-refractivity contribution is 6.32. The van der Waals surface area contributed by atoms with Crippen molar-refractivity contribution in [2.45, 2.75) is 19.6 Å². The molecule has 5 rings (SSSR count). The van der Waals surface area contributed by atoms with Crippen LogP contribution in [0.5, 0.6) is 0 Å². The van der Waals surface area contributed by atoms with Crippen LogP contribution in [0.15, 0.2) is 71.5 Å². The topological polar surface area (TPSA) is 70.3 Å². The number of para-hydroxylation sites is 2. The molecule has 7 nitrogen and oxygen atoms in total. The smallest absolute Gasteiger partial charge is 0.280 e. The van der Waals surface area contributed by atoms with Crippen LogP contribution < -0.4 is 5.01 Å². The molecule has 1 fully saturated rings. The van der Waals surface area contributed by atoms with Crippen LogP contribution in [-0.4, -0.2) is 65.1 Å². The number of ether oxygens (including phenoxy) is 1. The Bertz CT molecular complexity index is 1210. The molecule has 1 amide bonds.